The number of thiazole rings is 1. The first-order valence-corrected chi connectivity index (χ1v) is 11.5. The Bertz CT molecular complexity index is 1430. The highest BCUT2D eigenvalue weighted by Crippen LogP contribution is 2.24. The van der Waals surface area contributed by atoms with Crippen molar-refractivity contribution in [1.29, 1.82) is 0 Å². The van der Waals surface area contributed by atoms with Gasteiger partial charge in [0.25, 0.3) is 0 Å². The average molecular weight is 477 g/mol. The van der Waals surface area contributed by atoms with Crippen molar-refractivity contribution in [2.75, 3.05) is 12.4 Å². The summed E-state index contributed by atoms with van der Waals surface area (Å²) in [5, 5.41) is 12.1. The molecule has 3 heterocycles. The van der Waals surface area contributed by atoms with Crippen LogP contribution in [0.15, 0.2) is 66.3 Å². The van der Waals surface area contributed by atoms with Crippen LogP contribution in [0.3, 0.4) is 0 Å². The van der Waals surface area contributed by atoms with E-state index in [0.29, 0.717) is 17.1 Å². The number of fused-ring (bicyclic) bond motifs is 1. The van der Waals surface area contributed by atoms with Crippen LogP contribution in [-0.2, 0) is 11.3 Å². The van der Waals surface area contributed by atoms with Gasteiger partial charge < -0.3 is 10.1 Å². The number of ether oxygens (including phenoxy) is 1. The van der Waals surface area contributed by atoms with Gasteiger partial charge in [-0.1, -0.05) is 12.1 Å². The molecule has 8 nitrogen and oxygen atoms in total. The largest absolute Gasteiger partial charge is 0.497 e. The van der Waals surface area contributed by atoms with Gasteiger partial charge in [-0.25, -0.2) is 4.98 Å². The quantitative estimate of drug-likeness (QED) is 0.322. The molecule has 33 heavy (non-hydrogen) atoms. The highest BCUT2D eigenvalue weighted by atomic mass is 32.1. The number of imidazole rings is 1. The van der Waals surface area contributed by atoms with Crippen LogP contribution in [0.4, 0.5) is 5.69 Å². The minimum absolute atomic E-state index is 0.103. The Hall–Kier alpha value is -3.76. The molecule has 0 unspecified atom stereocenters. The number of anilines is 1. The van der Waals surface area contributed by atoms with E-state index in [1.807, 2.05) is 75.3 Å². The molecule has 0 atom stereocenters. The summed E-state index contributed by atoms with van der Waals surface area (Å²) in [6.45, 7) is 0.409. The standard InChI is InChI=1S/C23H20N6O2S2/c1-31-18-8-4-16(5-9-18)21-26-27-22(32)29(21)11-10-20(30)24-17-6-2-15(3-7-17)19-14-28-12-13-33-23(28)25-19/h2-9,12-14H,10-11H2,1H3,(H,24,30)(H,27,32). The number of amides is 1. The van der Waals surface area contributed by atoms with E-state index in [2.05, 4.69) is 20.5 Å². The Labute approximate surface area is 198 Å². The summed E-state index contributed by atoms with van der Waals surface area (Å²) in [6.07, 6.45) is 4.24. The van der Waals surface area contributed by atoms with Gasteiger partial charge in [0.1, 0.15) is 5.75 Å². The first kappa shape index (κ1) is 21.1. The van der Waals surface area contributed by atoms with Gasteiger partial charge in [-0.2, -0.15) is 5.10 Å². The number of aromatic amines is 1. The molecule has 2 N–H and O–H groups in total. The lowest BCUT2D eigenvalue weighted by Crippen LogP contribution is -2.15. The van der Waals surface area contributed by atoms with E-state index >= 15 is 0 Å². The number of hydrogen-bond acceptors (Lipinski definition) is 6. The van der Waals surface area contributed by atoms with Gasteiger partial charge in [-0.3, -0.25) is 18.9 Å². The van der Waals surface area contributed by atoms with E-state index in [1.54, 1.807) is 18.4 Å². The molecule has 166 valence electrons. The van der Waals surface area contributed by atoms with Crippen molar-refractivity contribution in [2.24, 2.45) is 0 Å². The highest BCUT2D eigenvalue weighted by Gasteiger charge is 2.12. The molecule has 0 spiro atoms. The molecule has 0 saturated heterocycles. The van der Waals surface area contributed by atoms with Crippen molar-refractivity contribution in [3.63, 3.8) is 0 Å². The second-order valence-corrected chi connectivity index (χ2v) is 8.59. The van der Waals surface area contributed by atoms with Crippen molar-refractivity contribution in [2.45, 2.75) is 13.0 Å². The van der Waals surface area contributed by atoms with Crippen molar-refractivity contribution in [3.05, 3.63) is 71.1 Å². The lowest BCUT2D eigenvalue weighted by molar-refractivity contribution is -0.116. The third-order valence-corrected chi connectivity index (χ3v) is 6.31. The van der Waals surface area contributed by atoms with Crippen molar-refractivity contribution < 1.29 is 9.53 Å². The first-order valence-electron chi connectivity index (χ1n) is 10.2. The molecule has 1 amide bonds. The highest BCUT2D eigenvalue weighted by molar-refractivity contribution is 7.71. The molecule has 5 rings (SSSR count). The Kier molecular flexibility index (Phi) is 5.76. The molecule has 0 radical (unpaired) electrons. The molecular formula is C23H20N6O2S2. The molecule has 0 aliphatic heterocycles. The molecular weight excluding hydrogens is 456 g/mol. The molecule has 0 aliphatic rings. The molecule has 10 heteroatoms. The third kappa shape index (κ3) is 4.43. The number of nitrogens with zero attached hydrogens (tertiary/aromatic N) is 4. The fourth-order valence-corrected chi connectivity index (χ4v) is 4.44. The maximum Gasteiger partial charge on any atom is 0.226 e. The summed E-state index contributed by atoms with van der Waals surface area (Å²) in [4.78, 5) is 18.1. The number of H-pyrrole nitrogens is 1. The molecule has 0 saturated carbocycles. The summed E-state index contributed by atoms with van der Waals surface area (Å²) < 4.78 is 9.50. The van der Waals surface area contributed by atoms with E-state index in [0.717, 1.165) is 33.2 Å². The van der Waals surface area contributed by atoms with Gasteiger partial charge in [0.05, 0.1) is 12.8 Å². The van der Waals surface area contributed by atoms with Gasteiger partial charge in [-0.05, 0) is 48.6 Å². The fraction of sp³-hybridized carbons (Fsp3) is 0.130. The number of hydrogen-bond donors (Lipinski definition) is 2. The molecule has 3 aromatic heterocycles. The maximum absolute atomic E-state index is 12.6. The zero-order valence-electron chi connectivity index (χ0n) is 17.7. The number of aromatic nitrogens is 5. The first-order chi connectivity index (χ1) is 16.1. The Balaban J connectivity index is 1.23. The van der Waals surface area contributed by atoms with Crippen LogP contribution in [0.2, 0.25) is 0 Å². The van der Waals surface area contributed by atoms with Gasteiger partial charge in [0.15, 0.2) is 15.6 Å². The van der Waals surface area contributed by atoms with Crippen LogP contribution in [0.5, 0.6) is 5.75 Å². The molecule has 5 aromatic rings. The van der Waals surface area contributed by atoms with Crippen molar-refractivity contribution in [3.8, 4) is 28.4 Å². The zero-order chi connectivity index (χ0) is 22.8. The normalized spacial score (nSPS) is 11.1. The van der Waals surface area contributed by atoms with Gasteiger partial charge in [0, 0.05) is 47.6 Å². The number of rotatable bonds is 7. The summed E-state index contributed by atoms with van der Waals surface area (Å²) in [6, 6.07) is 15.2. The number of carbonyl (C=O) groups excluding carboxylic acids is 1. The molecule has 0 bridgehead atoms. The van der Waals surface area contributed by atoms with E-state index in [1.165, 1.54) is 0 Å². The van der Waals surface area contributed by atoms with Crippen LogP contribution >= 0.6 is 23.6 Å². The van der Waals surface area contributed by atoms with E-state index in [-0.39, 0.29) is 12.3 Å². The number of nitrogens with one attached hydrogen (secondary N) is 2. The summed E-state index contributed by atoms with van der Waals surface area (Å²) >= 11 is 6.96. The van der Waals surface area contributed by atoms with Gasteiger partial charge in [0.2, 0.25) is 5.91 Å². The molecule has 0 aliphatic carbocycles. The smallest absolute Gasteiger partial charge is 0.226 e. The average Bonchev–Trinajstić information content (AvgIpc) is 3.53. The zero-order valence-corrected chi connectivity index (χ0v) is 19.3. The lowest BCUT2D eigenvalue weighted by Gasteiger charge is -2.09. The minimum Gasteiger partial charge on any atom is -0.497 e. The van der Waals surface area contributed by atoms with Crippen molar-refractivity contribution >= 4 is 40.1 Å². The van der Waals surface area contributed by atoms with Crippen LogP contribution in [-0.4, -0.2) is 37.2 Å². The molecule has 0 fully saturated rings. The summed E-state index contributed by atoms with van der Waals surface area (Å²) in [5.74, 6) is 1.34. The second kappa shape index (κ2) is 9.00. The van der Waals surface area contributed by atoms with Crippen LogP contribution in [0.1, 0.15) is 6.42 Å². The van der Waals surface area contributed by atoms with Gasteiger partial charge in [-0.15, -0.1) is 11.3 Å². The topological polar surface area (TPSA) is 89.2 Å². The number of benzene rings is 2. The third-order valence-electron chi connectivity index (χ3n) is 5.23. The van der Waals surface area contributed by atoms with Crippen LogP contribution < -0.4 is 10.1 Å². The fourth-order valence-electron chi connectivity index (χ4n) is 3.51. The van der Waals surface area contributed by atoms with Crippen molar-refractivity contribution in [1.82, 2.24) is 24.1 Å². The molecule has 2 aromatic carbocycles. The Morgan fingerprint density at radius 1 is 1.15 bits per heavy atom. The summed E-state index contributed by atoms with van der Waals surface area (Å²) in [5.41, 5.74) is 3.52. The number of methoxy groups -OCH3 is 1. The second-order valence-electron chi connectivity index (χ2n) is 7.33. The SMILES string of the molecule is COc1ccc(-c2n[nH]c(=S)n2CCC(=O)Nc2ccc(-c3cn4ccsc4n3)cc2)cc1. The predicted molar refractivity (Wildman–Crippen MR) is 131 cm³/mol. The summed E-state index contributed by atoms with van der Waals surface area (Å²) in [7, 11) is 1.62. The Morgan fingerprint density at radius 2 is 1.91 bits per heavy atom. The van der Waals surface area contributed by atoms with Crippen LogP contribution in [0, 0.1) is 4.77 Å². The lowest BCUT2D eigenvalue weighted by atomic mass is 10.1. The number of carbonyl (C=O) groups is 1. The monoisotopic (exact) mass is 476 g/mol. The van der Waals surface area contributed by atoms with Crippen LogP contribution in [0.25, 0.3) is 27.6 Å². The van der Waals surface area contributed by atoms with E-state index in [9.17, 15) is 4.79 Å². The Morgan fingerprint density at radius 3 is 2.64 bits per heavy atom. The van der Waals surface area contributed by atoms with E-state index < -0.39 is 0 Å². The maximum atomic E-state index is 12.6. The van der Waals surface area contributed by atoms with E-state index in [4.69, 9.17) is 17.0 Å². The minimum atomic E-state index is -0.103. The predicted octanol–water partition coefficient (Wildman–Crippen LogP) is 5.02. The van der Waals surface area contributed by atoms with Gasteiger partial charge >= 0.3 is 0 Å².